The zero-order valence-corrected chi connectivity index (χ0v) is 18.5. The van der Waals surface area contributed by atoms with Crippen LogP contribution in [0.4, 0.5) is 5.69 Å². The summed E-state index contributed by atoms with van der Waals surface area (Å²) < 4.78 is 7.84. The van der Waals surface area contributed by atoms with E-state index in [1.807, 2.05) is 41.8 Å². The molecule has 0 aliphatic rings. The van der Waals surface area contributed by atoms with Crippen LogP contribution >= 0.6 is 35.0 Å². The predicted molar refractivity (Wildman–Crippen MR) is 122 cm³/mol. The average molecular weight is 463 g/mol. The van der Waals surface area contributed by atoms with Crippen molar-refractivity contribution in [3.05, 3.63) is 77.1 Å². The molecule has 9 heteroatoms. The van der Waals surface area contributed by atoms with Gasteiger partial charge in [-0.05, 0) is 37.3 Å². The molecule has 1 aromatic heterocycles. The second kappa shape index (κ2) is 10.5. The van der Waals surface area contributed by atoms with E-state index in [1.165, 1.54) is 11.8 Å². The number of hydrogen-bond donors (Lipinski definition) is 1. The summed E-state index contributed by atoms with van der Waals surface area (Å²) >= 11 is 13.2. The summed E-state index contributed by atoms with van der Waals surface area (Å²) in [4.78, 5) is 12.3. The monoisotopic (exact) mass is 462 g/mol. The molecule has 0 spiro atoms. The highest BCUT2D eigenvalue weighted by molar-refractivity contribution is 7.99. The van der Waals surface area contributed by atoms with E-state index >= 15 is 0 Å². The first-order valence-electron chi connectivity index (χ1n) is 9.10. The number of benzene rings is 2. The highest BCUT2D eigenvalue weighted by Gasteiger charge is 2.19. The third-order valence-electron chi connectivity index (χ3n) is 3.96. The molecule has 6 nitrogen and oxygen atoms in total. The van der Waals surface area contributed by atoms with Crippen LogP contribution in [0.5, 0.6) is 5.75 Å². The first kappa shape index (κ1) is 22.2. The van der Waals surface area contributed by atoms with Crippen molar-refractivity contribution in [2.45, 2.75) is 24.7 Å². The van der Waals surface area contributed by atoms with E-state index in [1.54, 1.807) is 24.3 Å². The van der Waals surface area contributed by atoms with Gasteiger partial charge in [0.25, 0.3) is 0 Å². The number of hydrogen-bond acceptors (Lipinski definition) is 5. The molecule has 0 bridgehead atoms. The summed E-state index contributed by atoms with van der Waals surface area (Å²) in [7, 11) is 0. The van der Waals surface area contributed by atoms with E-state index in [4.69, 9.17) is 27.9 Å². The molecule has 0 fully saturated rings. The molecule has 1 heterocycles. The van der Waals surface area contributed by atoms with Crippen LogP contribution in [-0.4, -0.2) is 26.4 Å². The van der Waals surface area contributed by atoms with Crippen molar-refractivity contribution in [3.63, 3.8) is 0 Å². The van der Waals surface area contributed by atoms with Crippen LogP contribution in [0, 0.1) is 0 Å². The van der Waals surface area contributed by atoms with Gasteiger partial charge in [-0.25, -0.2) is 0 Å². The smallest absolute Gasteiger partial charge is 0.234 e. The van der Waals surface area contributed by atoms with Crippen molar-refractivity contribution in [1.29, 1.82) is 0 Å². The van der Waals surface area contributed by atoms with Gasteiger partial charge in [0.15, 0.2) is 17.1 Å². The molecular weight excluding hydrogens is 443 g/mol. The number of nitrogens with one attached hydrogen (secondary N) is 1. The van der Waals surface area contributed by atoms with Gasteiger partial charge >= 0.3 is 0 Å². The Hall–Kier alpha value is -2.48. The third-order valence-corrected chi connectivity index (χ3v) is 5.36. The van der Waals surface area contributed by atoms with E-state index < -0.39 is 0 Å². The van der Waals surface area contributed by atoms with Gasteiger partial charge in [0, 0.05) is 22.3 Å². The SMILES string of the molecule is C=CCn1c(SCC(=O)Nc2cc(Cl)cc(Cl)c2)nnc1[C@@H](C)Oc1ccccc1. The third kappa shape index (κ3) is 6.01. The number of ether oxygens (including phenoxy) is 1. The normalized spacial score (nSPS) is 11.7. The standard InChI is InChI=1S/C21H20Cl2N4O2S/c1-3-9-27-20(14(2)29-18-7-5-4-6-8-18)25-26-21(27)30-13-19(28)24-17-11-15(22)10-16(23)12-17/h3-8,10-12,14H,1,9,13H2,2H3,(H,24,28)/t14-/m1/s1. The molecule has 2 aromatic carbocycles. The quantitative estimate of drug-likeness (QED) is 0.329. The lowest BCUT2D eigenvalue weighted by atomic mass is 10.3. The fraction of sp³-hybridized carbons (Fsp3) is 0.190. The number of para-hydroxylation sites is 1. The maximum Gasteiger partial charge on any atom is 0.234 e. The molecule has 0 unspecified atom stereocenters. The van der Waals surface area contributed by atoms with Crippen LogP contribution in [0.1, 0.15) is 18.9 Å². The minimum atomic E-state index is -0.323. The predicted octanol–water partition coefficient (Wildman–Crippen LogP) is 5.64. The van der Waals surface area contributed by atoms with Crippen LogP contribution in [0.3, 0.4) is 0 Å². The molecular formula is C21H20Cl2N4O2S. The van der Waals surface area contributed by atoms with Crippen LogP contribution in [0.15, 0.2) is 66.3 Å². The molecule has 0 saturated heterocycles. The molecule has 30 heavy (non-hydrogen) atoms. The highest BCUT2D eigenvalue weighted by atomic mass is 35.5. The Labute approximate surface area is 189 Å². The number of anilines is 1. The van der Waals surface area contributed by atoms with Gasteiger partial charge in [0.05, 0.1) is 5.75 Å². The van der Waals surface area contributed by atoms with Crippen molar-refractivity contribution in [2.75, 3.05) is 11.1 Å². The van der Waals surface area contributed by atoms with E-state index in [-0.39, 0.29) is 17.8 Å². The van der Waals surface area contributed by atoms with Crippen molar-refractivity contribution < 1.29 is 9.53 Å². The second-order valence-corrected chi connectivity index (χ2v) is 8.12. The molecule has 0 aliphatic heterocycles. The Bertz CT molecular complexity index is 1010. The van der Waals surface area contributed by atoms with Gasteiger partial charge in [0.2, 0.25) is 5.91 Å². The molecule has 1 N–H and O–H groups in total. The van der Waals surface area contributed by atoms with Crippen LogP contribution in [0.2, 0.25) is 10.0 Å². The van der Waals surface area contributed by atoms with E-state index in [0.29, 0.717) is 33.3 Å². The van der Waals surface area contributed by atoms with E-state index in [2.05, 4.69) is 22.1 Å². The maximum atomic E-state index is 12.3. The summed E-state index contributed by atoms with van der Waals surface area (Å²) in [5.41, 5.74) is 0.538. The number of amides is 1. The zero-order valence-electron chi connectivity index (χ0n) is 16.2. The van der Waals surface area contributed by atoms with Crippen molar-refractivity contribution in [2.24, 2.45) is 0 Å². The van der Waals surface area contributed by atoms with Gasteiger partial charge in [-0.1, -0.05) is 59.2 Å². The number of carbonyl (C=O) groups excluding carboxylic acids is 1. The van der Waals surface area contributed by atoms with Gasteiger partial charge in [-0.3, -0.25) is 9.36 Å². The number of rotatable bonds is 9. The Kier molecular flexibility index (Phi) is 7.79. The maximum absolute atomic E-state index is 12.3. The van der Waals surface area contributed by atoms with E-state index in [9.17, 15) is 4.79 Å². The average Bonchev–Trinajstić information content (AvgIpc) is 3.09. The number of nitrogens with zero attached hydrogens (tertiary/aromatic N) is 3. The number of halogens is 2. The summed E-state index contributed by atoms with van der Waals surface area (Å²) in [6.07, 6.45) is 1.43. The number of thioether (sulfide) groups is 1. The fourth-order valence-electron chi connectivity index (χ4n) is 2.72. The Morgan fingerprint density at radius 3 is 2.60 bits per heavy atom. The van der Waals surface area contributed by atoms with Crippen LogP contribution in [-0.2, 0) is 11.3 Å². The van der Waals surface area contributed by atoms with Gasteiger partial charge in [-0.2, -0.15) is 0 Å². The lowest BCUT2D eigenvalue weighted by molar-refractivity contribution is -0.113. The van der Waals surface area contributed by atoms with Gasteiger partial charge in [0.1, 0.15) is 5.75 Å². The van der Waals surface area contributed by atoms with Gasteiger partial charge in [-0.15, -0.1) is 16.8 Å². The molecule has 156 valence electrons. The minimum absolute atomic E-state index is 0.146. The molecule has 0 saturated carbocycles. The van der Waals surface area contributed by atoms with Gasteiger partial charge < -0.3 is 10.1 Å². The topological polar surface area (TPSA) is 69.0 Å². The Balaban J connectivity index is 1.66. The van der Waals surface area contributed by atoms with E-state index in [0.717, 1.165) is 5.75 Å². The summed E-state index contributed by atoms with van der Waals surface area (Å²) in [5, 5.41) is 12.8. The summed E-state index contributed by atoms with van der Waals surface area (Å²) in [6.45, 7) is 6.20. The molecule has 0 radical (unpaired) electrons. The first-order chi connectivity index (χ1) is 14.5. The zero-order chi connectivity index (χ0) is 21.5. The van der Waals surface area contributed by atoms with Crippen molar-refractivity contribution in [1.82, 2.24) is 14.8 Å². The lowest BCUT2D eigenvalue weighted by Gasteiger charge is -2.15. The molecule has 3 rings (SSSR count). The molecule has 1 atom stereocenters. The summed E-state index contributed by atoms with van der Waals surface area (Å²) in [5.74, 6) is 1.34. The molecule has 3 aromatic rings. The van der Waals surface area contributed by atoms with Crippen molar-refractivity contribution >= 4 is 46.6 Å². The Morgan fingerprint density at radius 2 is 1.93 bits per heavy atom. The second-order valence-electron chi connectivity index (χ2n) is 6.31. The number of carbonyl (C=O) groups is 1. The fourth-order valence-corrected chi connectivity index (χ4v) is 4.00. The first-order valence-corrected chi connectivity index (χ1v) is 10.8. The number of aromatic nitrogens is 3. The minimum Gasteiger partial charge on any atom is -0.483 e. The highest BCUT2D eigenvalue weighted by Crippen LogP contribution is 2.26. The van der Waals surface area contributed by atoms with Crippen molar-refractivity contribution in [3.8, 4) is 5.75 Å². The molecule has 1 amide bonds. The largest absolute Gasteiger partial charge is 0.483 e. The molecule has 0 aliphatic carbocycles. The van der Waals surface area contributed by atoms with Crippen LogP contribution in [0.25, 0.3) is 0 Å². The van der Waals surface area contributed by atoms with Crippen LogP contribution < -0.4 is 10.1 Å². The summed E-state index contributed by atoms with van der Waals surface area (Å²) in [6, 6.07) is 14.4. The Morgan fingerprint density at radius 1 is 1.23 bits per heavy atom. The number of allylic oxidation sites excluding steroid dienone is 1. The lowest BCUT2D eigenvalue weighted by Crippen LogP contribution is -2.15.